The van der Waals surface area contributed by atoms with Crippen LogP contribution in [0.3, 0.4) is 0 Å². The third-order valence-electron chi connectivity index (χ3n) is 4.31. The number of rotatable bonds is 8. The first-order valence-electron chi connectivity index (χ1n) is 9.38. The minimum atomic E-state index is -3.82. The molecule has 30 heavy (non-hydrogen) atoms. The number of hydrogen-bond acceptors (Lipinski definition) is 6. The Morgan fingerprint density at radius 2 is 1.63 bits per heavy atom. The van der Waals surface area contributed by atoms with Crippen molar-refractivity contribution in [1.29, 1.82) is 0 Å². The summed E-state index contributed by atoms with van der Waals surface area (Å²) >= 11 is 0. The van der Waals surface area contributed by atoms with E-state index < -0.39 is 20.1 Å². The molecule has 0 unspecified atom stereocenters. The van der Waals surface area contributed by atoms with Crippen LogP contribution < -0.4 is 4.18 Å². The number of pyridine rings is 1. The van der Waals surface area contributed by atoms with Gasteiger partial charge in [0.1, 0.15) is 10.6 Å². The van der Waals surface area contributed by atoms with E-state index in [1.54, 1.807) is 36.5 Å². The topological polar surface area (TPSA) is 93.6 Å². The third kappa shape index (κ3) is 5.35. The Morgan fingerprint density at radius 1 is 0.967 bits per heavy atom. The molecule has 7 nitrogen and oxygen atoms in total. The number of aromatic nitrogens is 1. The molecule has 0 N–H and O–H groups in total. The molecular formula is C21H24N2O5S2. The molecule has 0 aliphatic rings. The van der Waals surface area contributed by atoms with Crippen molar-refractivity contribution in [3.8, 4) is 5.75 Å². The quantitative estimate of drug-likeness (QED) is 0.490. The monoisotopic (exact) mass is 448 g/mol. The molecule has 1 heterocycles. The fourth-order valence-corrected chi connectivity index (χ4v) is 5.32. The molecule has 0 atom stereocenters. The maximum atomic E-state index is 13.5. The smallest absolute Gasteiger partial charge is 0.306 e. The van der Waals surface area contributed by atoms with E-state index in [2.05, 4.69) is 4.98 Å². The van der Waals surface area contributed by atoms with Gasteiger partial charge in [-0.1, -0.05) is 44.2 Å². The van der Waals surface area contributed by atoms with Gasteiger partial charge in [0.05, 0.1) is 11.8 Å². The van der Waals surface area contributed by atoms with Crippen LogP contribution >= 0.6 is 0 Å². The highest BCUT2D eigenvalue weighted by atomic mass is 32.2. The lowest BCUT2D eigenvalue weighted by Crippen LogP contribution is -2.34. The lowest BCUT2D eigenvalue weighted by atomic mass is 10.2. The summed E-state index contributed by atoms with van der Waals surface area (Å²) in [5, 5.41) is 0.755. The normalized spacial score (nSPS) is 12.6. The molecule has 1 aromatic heterocycles. The fraction of sp³-hybridized carbons (Fsp3) is 0.286. The van der Waals surface area contributed by atoms with Crippen molar-refractivity contribution in [1.82, 2.24) is 9.29 Å². The molecule has 0 bridgehead atoms. The van der Waals surface area contributed by atoms with Crippen LogP contribution in [0, 0.1) is 5.92 Å². The van der Waals surface area contributed by atoms with E-state index in [1.165, 1.54) is 16.4 Å². The van der Waals surface area contributed by atoms with Gasteiger partial charge in [0.2, 0.25) is 10.0 Å². The van der Waals surface area contributed by atoms with Gasteiger partial charge in [-0.2, -0.15) is 12.7 Å². The molecular weight excluding hydrogens is 424 g/mol. The summed E-state index contributed by atoms with van der Waals surface area (Å²) in [6.45, 7) is 4.37. The predicted octanol–water partition coefficient (Wildman–Crippen LogP) is 3.42. The van der Waals surface area contributed by atoms with Crippen LogP contribution in [0.15, 0.2) is 65.7 Å². The van der Waals surface area contributed by atoms with E-state index in [0.717, 1.165) is 11.6 Å². The third-order valence-corrected chi connectivity index (χ3v) is 6.65. The van der Waals surface area contributed by atoms with Crippen LogP contribution in [0.5, 0.6) is 5.75 Å². The second-order valence-electron chi connectivity index (χ2n) is 7.45. The van der Waals surface area contributed by atoms with Gasteiger partial charge in [0, 0.05) is 24.7 Å². The minimum absolute atomic E-state index is 0.107. The fourth-order valence-electron chi connectivity index (χ4n) is 3.11. The summed E-state index contributed by atoms with van der Waals surface area (Å²) in [4.78, 5) is 4.45. The molecule has 9 heteroatoms. The van der Waals surface area contributed by atoms with Crippen LogP contribution in [-0.4, -0.2) is 38.9 Å². The van der Waals surface area contributed by atoms with E-state index in [4.69, 9.17) is 4.18 Å². The lowest BCUT2D eigenvalue weighted by Gasteiger charge is -2.24. The maximum absolute atomic E-state index is 13.5. The summed E-state index contributed by atoms with van der Waals surface area (Å²) in [7, 11) is -7.44. The number of para-hydroxylation sites is 1. The number of fused-ring (bicyclic) bond motifs is 1. The summed E-state index contributed by atoms with van der Waals surface area (Å²) in [5.41, 5.74) is 1.15. The van der Waals surface area contributed by atoms with Crippen LogP contribution in [0.1, 0.15) is 19.4 Å². The van der Waals surface area contributed by atoms with E-state index in [0.29, 0.717) is 17.6 Å². The number of sulfonamides is 1. The zero-order chi connectivity index (χ0) is 21.9. The van der Waals surface area contributed by atoms with E-state index in [-0.39, 0.29) is 23.1 Å². The van der Waals surface area contributed by atoms with Gasteiger partial charge in [0.25, 0.3) is 0 Å². The number of nitrogens with zero attached hydrogens (tertiary/aromatic N) is 2. The summed E-state index contributed by atoms with van der Waals surface area (Å²) < 4.78 is 55.8. The molecule has 2 aromatic carbocycles. The zero-order valence-electron chi connectivity index (χ0n) is 17.0. The molecule has 0 amide bonds. The molecule has 0 saturated heterocycles. The van der Waals surface area contributed by atoms with Crippen LogP contribution in [0.2, 0.25) is 0 Å². The second kappa shape index (κ2) is 8.71. The average Bonchev–Trinajstić information content (AvgIpc) is 2.67. The van der Waals surface area contributed by atoms with Crippen molar-refractivity contribution < 1.29 is 21.0 Å². The van der Waals surface area contributed by atoms with Gasteiger partial charge < -0.3 is 4.18 Å². The first-order chi connectivity index (χ1) is 14.1. The highest BCUT2D eigenvalue weighted by Crippen LogP contribution is 2.26. The Kier molecular flexibility index (Phi) is 6.44. The van der Waals surface area contributed by atoms with Crippen LogP contribution in [-0.2, 0) is 26.7 Å². The number of benzene rings is 2. The van der Waals surface area contributed by atoms with Crippen molar-refractivity contribution in [2.24, 2.45) is 5.92 Å². The Balaban J connectivity index is 1.95. The highest BCUT2D eigenvalue weighted by molar-refractivity contribution is 7.89. The first kappa shape index (κ1) is 22.2. The molecule has 0 spiro atoms. The SMILES string of the molecule is CC(C)CN(Cc1ccc(OS(C)(=O)=O)cc1)S(=O)(=O)c1cccc2cccnc12. The van der Waals surface area contributed by atoms with Crippen molar-refractivity contribution in [2.45, 2.75) is 25.3 Å². The number of hydrogen-bond donors (Lipinski definition) is 0. The Morgan fingerprint density at radius 3 is 2.27 bits per heavy atom. The van der Waals surface area contributed by atoms with Gasteiger partial charge in [0.15, 0.2) is 0 Å². The molecule has 0 aliphatic heterocycles. The molecule has 3 aromatic rings. The predicted molar refractivity (Wildman–Crippen MR) is 116 cm³/mol. The van der Waals surface area contributed by atoms with Gasteiger partial charge in [-0.05, 0) is 35.7 Å². The highest BCUT2D eigenvalue weighted by Gasteiger charge is 2.27. The minimum Gasteiger partial charge on any atom is -0.383 e. The van der Waals surface area contributed by atoms with E-state index >= 15 is 0 Å². The second-order valence-corrected chi connectivity index (χ2v) is 10.9. The molecule has 160 valence electrons. The van der Waals surface area contributed by atoms with Crippen LogP contribution in [0.25, 0.3) is 10.9 Å². The van der Waals surface area contributed by atoms with Crippen molar-refractivity contribution in [2.75, 3.05) is 12.8 Å². The Bertz CT molecular complexity index is 1230. The lowest BCUT2D eigenvalue weighted by molar-refractivity contribution is 0.362. The molecule has 3 rings (SSSR count). The first-order valence-corrected chi connectivity index (χ1v) is 12.6. The van der Waals surface area contributed by atoms with Crippen LogP contribution in [0.4, 0.5) is 0 Å². The molecule has 0 saturated carbocycles. The van der Waals surface area contributed by atoms with Gasteiger partial charge in [-0.3, -0.25) is 4.98 Å². The van der Waals surface area contributed by atoms with E-state index in [9.17, 15) is 16.8 Å². The standard InChI is InChI=1S/C21H24N2O5S2/c1-16(2)14-23(15-17-9-11-19(12-10-17)28-29(3,24)25)30(26,27)20-8-4-6-18-7-5-13-22-21(18)20/h4-13,16H,14-15H2,1-3H3. The summed E-state index contributed by atoms with van der Waals surface area (Å²) in [6, 6.07) is 15.0. The zero-order valence-corrected chi connectivity index (χ0v) is 18.7. The van der Waals surface area contributed by atoms with Crippen molar-refractivity contribution >= 4 is 31.0 Å². The molecule has 0 aliphatic carbocycles. The Hall–Kier alpha value is -2.49. The average molecular weight is 449 g/mol. The van der Waals surface area contributed by atoms with Gasteiger partial charge in [-0.15, -0.1) is 0 Å². The van der Waals surface area contributed by atoms with Gasteiger partial charge >= 0.3 is 10.1 Å². The summed E-state index contributed by atoms with van der Waals surface area (Å²) in [6.07, 6.45) is 2.55. The van der Waals surface area contributed by atoms with Gasteiger partial charge in [-0.25, -0.2) is 8.42 Å². The Labute approximate surface area is 177 Å². The summed E-state index contributed by atoms with van der Waals surface area (Å²) in [5.74, 6) is 0.285. The molecule has 0 fully saturated rings. The van der Waals surface area contributed by atoms with Crippen molar-refractivity contribution in [3.05, 3.63) is 66.4 Å². The molecule has 0 radical (unpaired) electrons. The van der Waals surface area contributed by atoms with E-state index in [1.807, 2.05) is 26.0 Å². The maximum Gasteiger partial charge on any atom is 0.306 e. The van der Waals surface area contributed by atoms with Crippen molar-refractivity contribution in [3.63, 3.8) is 0 Å². The largest absolute Gasteiger partial charge is 0.383 e.